The van der Waals surface area contributed by atoms with Gasteiger partial charge in [-0.25, -0.2) is 4.79 Å². The average molecular weight is 406 g/mol. The predicted octanol–water partition coefficient (Wildman–Crippen LogP) is 2.86. The van der Waals surface area contributed by atoms with Gasteiger partial charge in [-0.2, -0.15) is 5.26 Å². The Morgan fingerprint density at radius 3 is 2.43 bits per heavy atom. The van der Waals surface area contributed by atoms with Crippen LogP contribution >= 0.6 is 0 Å². The first-order chi connectivity index (χ1) is 14.7. The molecule has 0 radical (unpaired) electrons. The quantitative estimate of drug-likeness (QED) is 0.704. The molecule has 7 nitrogen and oxygen atoms in total. The van der Waals surface area contributed by atoms with Gasteiger partial charge in [0.15, 0.2) is 0 Å². The van der Waals surface area contributed by atoms with E-state index in [-0.39, 0.29) is 6.09 Å². The summed E-state index contributed by atoms with van der Waals surface area (Å²) in [5, 5.41) is 8.86. The van der Waals surface area contributed by atoms with Crippen molar-refractivity contribution >= 4 is 6.09 Å². The van der Waals surface area contributed by atoms with Gasteiger partial charge in [0.1, 0.15) is 12.4 Å². The Morgan fingerprint density at radius 1 is 1.07 bits per heavy atom. The second-order valence-electron chi connectivity index (χ2n) is 7.73. The predicted molar refractivity (Wildman–Crippen MR) is 111 cm³/mol. The van der Waals surface area contributed by atoms with E-state index in [0.29, 0.717) is 50.4 Å². The lowest BCUT2D eigenvalue weighted by Gasteiger charge is -2.40. The smallest absolute Gasteiger partial charge is 0.409 e. The lowest BCUT2D eigenvalue weighted by Crippen LogP contribution is -2.56. The number of benzene rings is 1. The first-order valence-corrected chi connectivity index (χ1v) is 10.4. The van der Waals surface area contributed by atoms with Crippen LogP contribution in [-0.2, 0) is 11.2 Å². The number of rotatable bonds is 7. The van der Waals surface area contributed by atoms with Crippen LogP contribution in [0.15, 0.2) is 48.8 Å². The number of hydrogen-bond donors (Lipinski definition) is 0. The molecule has 1 aromatic heterocycles. The average Bonchev–Trinajstić information content (AvgIpc) is 3.01. The van der Waals surface area contributed by atoms with Gasteiger partial charge in [0.2, 0.25) is 0 Å². The minimum absolute atomic E-state index is 0.213. The summed E-state index contributed by atoms with van der Waals surface area (Å²) in [6.07, 6.45) is 6.19. The van der Waals surface area contributed by atoms with Crippen molar-refractivity contribution in [1.82, 2.24) is 14.8 Å². The van der Waals surface area contributed by atoms with Gasteiger partial charge in [-0.05, 0) is 54.8 Å². The third kappa shape index (κ3) is 4.89. The summed E-state index contributed by atoms with van der Waals surface area (Å²) >= 11 is 0. The molecule has 2 bridgehead atoms. The third-order valence-corrected chi connectivity index (χ3v) is 5.86. The Kier molecular flexibility index (Phi) is 6.45. The number of carbonyl (C=O) groups excluding carboxylic acids is 1. The zero-order valence-electron chi connectivity index (χ0n) is 16.9. The summed E-state index contributed by atoms with van der Waals surface area (Å²) in [4.78, 5) is 20.8. The molecule has 4 rings (SSSR count). The van der Waals surface area contributed by atoms with Crippen molar-refractivity contribution < 1.29 is 14.3 Å². The van der Waals surface area contributed by atoms with E-state index in [1.54, 1.807) is 24.5 Å². The summed E-state index contributed by atoms with van der Waals surface area (Å²) in [5.74, 6) is 0.776. The zero-order chi connectivity index (χ0) is 20.8. The van der Waals surface area contributed by atoms with Gasteiger partial charge in [-0.15, -0.1) is 0 Å². The van der Waals surface area contributed by atoms with Crippen molar-refractivity contribution in [1.29, 1.82) is 5.26 Å². The van der Waals surface area contributed by atoms with E-state index >= 15 is 0 Å². The Labute approximate surface area is 176 Å². The summed E-state index contributed by atoms with van der Waals surface area (Å²) < 4.78 is 11.3. The van der Waals surface area contributed by atoms with Crippen LogP contribution in [0.3, 0.4) is 0 Å². The van der Waals surface area contributed by atoms with Crippen molar-refractivity contribution in [3.63, 3.8) is 0 Å². The van der Waals surface area contributed by atoms with Crippen LogP contribution in [0.1, 0.15) is 24.0 Å². The number of aromatic nitrogens is 1. The molecule has 0 spiro atoms. The molecule has 2 aliphatic heterocycles. The summed E-state index contributed by atoms with van der Waals surface area (Å²) in [6, 6.07) is 13.9. The Hall–Kier alpha value is -3.11. The van der Waals surface area contributed by atoms with Crippen molar-refractivity contribution in [2.24, 2.45) is 0 Å². The van der Waals surface area contributed by atoms with E-state index in [4.69, 9.17) is 14.7 Å². The lowest BCUT2D eigenvalue weighted by atomic mass is 10.2. The highest BCUT2D eigenvalue weighted by atomic mass is 16.6. The van der Waals surface area contributed by atoms with E-state index in [0.717, 1.165) is 30.7 Å². The summed E-state index contributed by atoms with van der Waals surface area (Å²) in [6.45, 7) is 3.23. The maximum absolute atomic E-state index is 12.5. The topological polar surface area (TPSA) is 78.7 Å². The molecule has 2 atom stereocenters. The summed E-state index contributed by atoms with van der Waals surface area (Å²) in [7, 11) is 0. The molecule has 156 valence electrons. The molecule has 0 N–H and O–H groups in total. The van der Waals surface area contributed by atoms with Crippen LogP contribution < -0.4 is 4.74 Å². The number of fused-ring (bicyclic) bond motifs is 2. The highest BCUT2D eigenvalue weighted by molar-refractivity contribution is 5.68. The molecule has 2 saturated heterocycles. The highest BCUT2D eigenvalue weighted by Crippen LogP contribution is 2.30. The van der Waals surface area contributed by atoms with E-state index in [1.165, 1.54) is 0 Å². The van der Waals surface area contributed by atoms with Gasteiger partial charge in [-0.3, -0.25) is 9.88 Å². The fourth-order valence-electron chi connectivity index (χ4n) is 4.30. The molecule has 2 aromatic rings. The van der Waals surface area contributed by atoms with Crippen LogP contribution in [0.2, 0.25) is 0 Å². The molecule has 30 heavy (non-hydrogen) atoms. The van der Waals surface area contributed by atoms with Gasteiger partial charge in [0, 0.05) is 50.5 Å². The molecule has 2 fully saturated rings. The largest absolute Gasteiger partial charge is 0.492 e. The van der Waals surface area contributed by atoms with Gasteiger partial charge >= 0.3 is 6.09 Å². The van der Waals surface area contributed by atoms with Crippen molar-refractivity contribution in [3.05, 3.63) is 59.9 Å². The van der Waals surface area contributed by atoms with Crippen LogP contribution in [0.5, 0.6) is 5.75 Å². The molecule has 3 heterocycles. The number of hydrogen-bond acceptors (Lipinski definition) is 6. The molecule has 2 unspecified atom stereocenters. The highest BCUT2D eigenvalue weighted by Gasteiger charge is 2.41. The number of likely N-dealkylation sites (tertiary alicyclic amines) is 1. The minimum Gasteiger partial charge on any atom is -0.492 e. The van der Waals surface area contributed by atoms with Gasteiger partial charge in [0.05, 0.1) is 18.2 Å². The Balaban J connectivity index is 1.21. The number of nitriles is 1. The second-order valence-corrected chi connectivity index (χ2v) is 7.73. The van der Waals surface area contributed by atoms with E-state index in [9.17, 15) is 4.79 Å². The Morgan fingerprint density at radius 2 is 1.77 bits per heavy atom. The maximum Gasteiger partial charge on any atom is 0.409 e. The van der Waals surface area contributed by atoms with E-state index in [2.05, 4.69) is 16.0 Å². The standard InChI is InChI=1S/C23H26N4O3/c24-15-19-1-5-22(6-2-19)29-14-12-27-20-3-4-21(27)17-26(16-20)23(28)30-13-9-18-7-10-25-11-8-18/h1-2,5-8,10-11,20-21H,3-4,9,12-14,16-17H2. The normalized spacial score (nSPS) is 20.6. The Bertz CT molecular complexity index is 868. The van der Waals surface area contributed by atoms with Gasteiger partial charge in [0.25, 0.3) is 0 Å². The summed E-state index contributed by atoms with van der Waals surface area (Å²) in [5.41, 5.74) is 1.74. The minimum atomic E-state index is -0.213. The van der Waals surface area contributed by atoms with Gasteiger partial charge in [-0.1, -0.05) is 0 Å². The SMILES string of the molecule is N#Cc1ccc(OCCN2C3CCC2CN(C(=O)OCCc2ccncc2)C3)cc1. The number of pyridine rings is 1. The van der Waals surface area contributed by atoms with Crippen molar-refractivity contribution in [2.45, 2.75) is 31.3 Å². The number of carbonyl (C=O) groups is 1. The molecule has 0 aliphatic carbocycles. The number of nitrogens with zero attached hydrogens (tertiary/aromatic N) is 4. The maximum atomic E-state index is 12.5. The zero-order valence-corrected chi connectivity index (χ0v) is 16.9. The fourth-order valence-corrected chi connectivity index (χ4v) is 4.30. The van der Waals surface area contributed by atoms with E-state index < -0.39 is 0 Å². The van der Waals surface area contributed by atoms with Crippen LogP contribution in [-0.4, -0.2) is 65.8 Å². The monoisotopic (exact) mass is 406 g/mol. The lowest BCUT2D eigenvalue weighted by molar-refractivity contribution is 0.0403. The van der Waals surface area contributed by atoms with Crippen molar-refractivity contribution in [2.75, 3.05) is 32.8 Å². The van der Waals surface area contributed by atoms with Crippen molar-refractivity contribution in [3.8, 4) is 11.8 Å². The number of piperazine rings is 1. The molecular formula is C23H26N4O3. The molecule has 7 heteroatoms. The number of amides is 1. The fraction of sp³-hybridized carbons (Fsp3) is 0.435. The van der Waals surface area contributed by atoms with Crippen LogP contribution in [0, 0.1) is 11.3 Å². The second kappa shape index (κ2) is 9.59. The number of ether oxygens (including phenoxy) is 2. The molecular weight excluding hydrogens is 380 g/mol. The molecule has 2 aliphatic rings. The molecule has 0 saturated carbocycles. The first kappa shape index (κ1) is 20.2. The van der Waals surface area contributed by atoms with Crippen LogP contribution in [0.25, 0.3) is 0 Å². The first-order valence-electron chi connectivity index (χ1n) is 10.4. The van der Waals surface area contributed by atoms with E-state index in [1.807, 2.05) is 29.2 Å². The third-order valence-electron chi connectivity index (χ3n) is 5.86. The van der Waals surface area contributed by atoms with Crippen LogP contribution in [0.4, 0.5) is 4.79 Å². The van der Waals surface area contributed by atoms with Gasteiger partial charge < -0.3 is 14.4 Å². The molecule has 1 aromatic carbocycles. The molecule has 1 amide bonds.